The maximum absolute atomic E-state index is 12.7. The Bertz CT molecular complexity index is 743. The highest BCUT2D eigenvalue weighted by molar-refractivity contribution is 8.18. The number of aromatic hydroxyl groups is 1. The molecule has 1 aliphatic carbocycles. The van der Waals surface area contributed by atoms with Gasteiger partial charge in [0.15, 0.2) is 11.5 Å². The average Bonchev–Trinajstić information content (AvgIpc) is 2.88. The Morgan fingerprint density at radius 2 is 2.04 bits per heavy atom. The summed E-state index contributed by atoms with van der Waals surface area (Å²) in [4.78, 5) is 26.7. The van der Waals surface area contributed by atoms with Crippen LogP contribution in [0.1, 0.15) is 44.6 Å². The Kier molecular flexibility index (Phi) is 6.14. The number of phenolic OH excluding ortho intramolecular Hbond substituents is 1. The van der Waals surface area contributed by atoms with E-state index < -0.39 is 0 Å². The summed E-state index contributed by atoms with van der Waals surface area (Å²) in [5, 5.41) is 9.84. The van der Waals surface area contributed by atoms with Crippen LogP contribution < -0.4 is 4.74 Å². The van der Waals surface area contributed by atoms with Crippen molar-refractivity contribution in [3.8, 4) is 11.5 Å². The lowest BCUT2D eigenvalue weighted by molar-refractivity contribution is -0.123. The third-order valence-corrected chi connectivity index (χ3v) is 5.88. The molecule has 5 nitrogen and oxygen atoms in total. The molecule has 3 rings (SSSR count). The van der Waals surface area contributed by atoms with E-state index in [-0.39, 0.29) is 27.7 Å². The SMILES string of the molecule is CCOc1cc(/C=C2/SC(=O)N(CC3CCCCC3)C2=O)cc(Cl)c1O. The molecule has 1 aromatic carbocycles. The Morgan fingerprint density at radius 1 is 1.31 bits per heavy atom. The van der Waals surface area contributed by atoms with Crippen molar-refractivity contribution in [2.75, 3.05) is 13.2 Å². The third-order valence-electron chi connectivity index (χ3n) is 4.69. The number of halogens is 1. The number of phenols is 1. The predicted molar refractivity (Wildman–Crippen MR) is 104 cm³/mol. The van der Waals surface area contributed by atoms with Crippen LogP contribution in [0.25, 0.3) is 6.08 Å². The number of benzene rings is 1. The van der Waals surface area contributed by atoms with Crippen LogP contribution in [0.5, 0.6) is 11.5 Å². The van der Waals surface area contributed by atoms with Gasteiger partial charge < -0.3 is 9.84 Å². The summed E-state index contributed by atoms with van der Waals surface area (Å²) < 4.78 is 5.36. The molecule has 26 heavy (non-hydrogen) atoms. The van der Waals surface area contributed by atoms with Gasteiger partial charge >= 0.3 is 0 Å². The highest BCUT2D eigenvalue weighted by Gasteiger charge is 2.36. The number of carbonyl (C=O) groups excluding carboxylic acids is 2. The number of imide groups is 1. The topological polar surface area (TPSA) is 66.8 Å². The average molecular weight is 396 g/mol. The molecular weight excluding hydrogens is 374 g/mol. The van der Waals surface area contributed by atoms with Crippen LogP contribution in [-0.2, 0) is 4.79 Å². The van der Waals surface area contributed by atoms with E-state index in [9.17, 15) is 14.7 Å². The zero-order valence-corrected chi connectivity index (χ0v) is 16.2. The molecule has 2 amide bonds. The zero-order valence-electron chi connectivity index (χ0n) is 14.7. The Morgan fingerprint density at radius 3 is 2.73 bits per heavy atom. The van der Waals surface area contributed by atoms with E-state index in [1.54, 1.807) is 25.1 Å². The first kappa shape index (κ1) is 19.1. The molecule has 0 aromatic heterocycles. The maximum atomic E-state index is 12.7. The number of nitrogens with zero attached hydrogens (tertiary/aromatic N) is 1. The first-order chi connectivity index (χ1) is 12.5. The van der Waals surface area contributed by atoms with E-state index in [2.05, 4.69) is 0 Å². The number of carbonyl (C=O) groups is 2. The second-order valence-electron chi connectivity index (χ2n) is 6.58. The van der Waals surface area contributed by atoms with Crippen LogP contribution in [-0.4, -0.2) is 34.3 Å². The Hall–Kier alpha value is -1.66. The lowest BCUT2D eigenvalue weighted by Gasteiger charge is -2.25. The van der Waals surface area contributed by atoms with E-state index in [1.165, 1.54) is 24.2 Å². The van der Waals surface area contributed by atoms with Gasteiger partial charge in [-0.2, -0.15) is 0 Å². The molecule has 1 aliphatic heterocycles. The molecular formula is C19H22ClNO4S. The molecule has 1 saturated heterocycles. The lowest BCUT2D eigenvalue weighted by atomic mass is 9.89. The van der Waals surface area contributed by atoms with E-state index in [1.807, 2.05) is 0 Å². The normalized spacial score (nSPS) is 20.2. The fourth-order valence-corrected chi connectivity index (χ4v) is 4.45. The van der Waals surface area contributed by atoms with Crippen molar-refractivity contribution < 1.29 is 19.4 Å². The molecule has 140 valence electrons. The van der Waals surface area contributed by atoms with E-state index in [0.717, 1.165) is 24.6 Å². The molecule has 1 aromatic rings. The monoisotopic (exact) mass is 395 g/mol. The van der Waals surface area contributed by atoms with Crippen molar-refractivity contribution in [2.24, 2.45) is 5.92 Å². The van der Waals surface area contributed by atoms with Crippen LogP contribution in [0.3, 0.4) is 0 Å². The first-order valence-electron chi connectivity index (χ1n) is 8.90. The van der Waals surface area contributed by atoms with Gasteiger partial charge in [0.2, 0.25) is 0 Å². The number of ether oxygens (including phenoxy) is 1. The second kappa shape index (κ2) is 8.35. The van der Waals surface area contributed by atoms with E-state index >= 15 is 0 Å². The standard InChI is InChI=1S/C19H22ClNO4S/c1-2-25-15-9-13(8-14(20)17(15)22)10-16-18(23)21(19(24)26-16)11-12-6-4-3-5-7-12/h8-10,12,22H,2-7,11H2,1H3/b16-10+. The van der Waals surface area contributed by atoms with Gasteiger partial charge in [-0.1, -0.05) is 30.9 Å². The fourth-order valence-electron chi connectivity index (χ4n) is 3.38. The van der Waals surface area contributed by atoms with E-state index in [0.29, 0.717) is 29.5 Å². The van der Waals surface area contributed by atoms with Crippen molar-refractivity contribution in [3.63, 3.8) is 0 Å². The van der Waals surface area contributed by atoms with Gasteiger partial charge in [0.05, 0.1) is 16.5 Å². The molecule has 1 saturated carbocycles. The minimum absolute atomic E-state index is 0.129. The van der Waals surface area contributed by atoms with Gasteiger partial charge in [0.25, 0.3) is 11.1 Å². The number of thioether (sulfide) groups is 1. The van der Waals surface area contributed by atoms with Crippen molar-refractivity contribution >= 4 is 40.6 Å². The Balaban J connectivity index is 1.79. The molecule has 0 radical (unpaired) electrons. The van der Waals surface area contributed by atoms with Gasteiger partial charge in [-0.05, 0) is 61.2 Å². The predicted octanol–water partition coefficient (Wildman–Crippen LogP) is 5.06. The quantitative estimate of drug-likeness (QED) is 0.705. The molecule has 0 unspecified atom stereocenters. The summed E-state index contributed by atoms with van der Waals surface area (Å²) in [6.07, 6.45) is 7.35. The Labute approximate surface area is 162 Å². The van der Waals surface area contributed by atoms with E-state index in [4.69, 9.17) is 16.3 Å². The highest BCUT2D eigenvalue weighted by atomic mass is 35.5. The van der Waals surface area contributed by atoms with Crippen LogP contribution in [0.2, 0.25) is 5.02 Å². The minimum Gasteiger partial charge on any atom is -0.503 e. The molecule has 2 aliphatic rings. The first-order valence-corrected chi connectivity index (χ1v) is 10.1. The van der Waals surface area contributed by atoms with Gasteiger partial charge in [0, 0.05) is 6.54 Å². The van der Waals surface area contributed by atoms with Crippen LogP contribution >= 0.6 is 23.4 Å². The van der Waals surface area contributed by atoms with Gasteiger partial charge in [-0.25, -0.2) is 0 Å². The van der Waals surface area contributed by atoms with Gasteiger partial charge in [0.1, 0.15) is 0 Å². The number of hydrogen-bond acceptors (Lipinski definition) is 5. The molecule has 7 heteroatoms. The molecule has 1 N–H and O–H groups in total. The van der Waals surface area contributed by atoms with Crippen molar-refractivity contribution in [3.05, 3.63) is 27.6 Å². The number of hydrogen-bond donors (Lipinski definition) is 1. The summed E-state index contributed by atoms with van der Waals surface area (Å²) in [5.41, 5.74) is 0.611. The molecule has 0 spiro atoms. The van der Waals surface area contributed by atoms with Crippen molar-refractivity contribution in [1.29, 1.82) is 0 Å². The molecule has 0 bridgehead atoms. The summed E-state index contributed by atoms with van der Waals surface area (Å²) >= 11 is 6.98. The number of amides is 2. The molecule has 0 atom stereocenters. The summed E-state index contributed by atoms with van der Waals surface area (Å²) in [6.45, 7) is 2.68. The maximum Gasteiger partial charge on any atom is 0.293 e. The van der Waals surface area contributed by atoms with Crippen molar-refractivity contribution in [2.45, 2.75) is 39.0 Å². The fraction of sp³-hybridized carbons (Fsp3) is 0.474. The van der Waals surface area contributed by atoms with Crippen molar-refractivity contribution in [1.82, 2.24) is 4.90 Å². The zero-order chi connectivity index (χ0) is 18.7. The molecule has 1 heterocycles. The van der Waals surface area contributed by atoms with Gasteiger partial charge in [-0.15, -0.1) is 0 Å². The smallest absolute Gasteiger partial charge is 0.293 e. The third kappa shape index (κ3) is 4.18. The molecule has 2 fully saturated rings. The summed E-state index contributed by atoms with van der Waals surface area (Å²) in [6, 6.07) is 3.16. The highest BCUT2D eigenvalue weighted by Crippen LogP contribution is 2.38. The van der Waals surface area contributed by atoms with Gasteiger partial charge in [-0.3, -0.25) is 14.5 Å². The second-order valence-corrected chi connectivity index (χ2v) is 7.98. The summed E-state index contributed by atoms with van der Waals surface area (Å²) in [5.74, 6) is 0.278. The largest absolute Gasteiger partial charge is 0.503 e. The van der Waals surface area contributed by atoms with Crippen LogP contribution in [0.4, 0.5) is 4.79 Å². The van der Waals surface area contributed by atoms with Crippen LogP contribution in [0, 0.1) is 5.92 Å². The van der Waals surface area contributed by atoms with Crippen LogP contribution in [0.15, 0.2) is 17.0 Å². The minimum atomic E-state index is -0.257. The number of rotatable bonds is 5. The lowest BCUT2D eigenvalue weighted by Crippen LogP contribution is -2.34. The summed E-state index contributed by atoms with van der Waals surface area (Å²) in [7, 11) is 0.